The molecule has 19 heavy (non-hydrogen) atoms. The third-order valence-corrected chi connectivity index (χ3v) is 3.64. The molecule has 1 atom stereocenters. The average Bonchev–Trinajstić information content (AvgIpc) is 2.38. The Morgan fingerprint density at radius 2 is 1.53 bits per heavy atom. The predicted molar refractivity (Wildman–Crippen MR) is 80.8 cm³/mol. The molecule has 0 heterocycles. The van der Waals surface area contributed by atoms with Crippen molar-refractivity contribution >= 4 is 0 Å². The number of para-hydroxylation sites is 1. The summed E-state index contributed by atoms with van der Waals surface area (Å²) in [5.74, 6) is 0.634. The van der Waals surface area contributed by atoms with E-state index in [0.29, 0.717) is 5.75 Å². The van der Waals surface area contributed by atoms with Gasteiger partial charge in [0.25, 0.3) is 0 Å². The number of phenolic OH excluding ortho intramolecular Hbond substituents is 1. The van der Waals surface area contributed by atoms with Crippen LogP contribution in [0.2, 0.25) is 0 Å². The Kier molecular flexibility index (Phi) is 3.66. The summed E-state index contributed by atoms with van der Waals surface area (Å²) in [7, 11) is 0. The Bertz CT molecular complexity index is 550. The molecule has 2 aromatic carbocycles. The molecule has 0 radical (unpaired) electrons. The molecule has 0 aliphatic heterocycles. The Labute approximate surface area is 115 Å². The fraction of sp³-hybridized carbons (Fsp3) is 0.333. The lowest BCUT2D eigenvalue weighted by molar-refractivity contribution is 0.438. The summed E-state index contributed by atoms with van der Waals surface area (Å²) < 4.78 is 0. The first-order valence-corrected chi connectivity index (χ1v) is 6.78. The molecule has 0 aliphatic rings. The SMILES string of the molecule is CC(c1ccccc1)c1cccc(C(C)(C)C)c1O. The fourth-order valence-corrected chi connectivity index (χ4v) is 2.44. The lowest BCUT2D eigenvalue weighted by Crippen LogP contribution is -2.12. The summed E-state index contributed by atoms with van der Waals surface area (Å²) in [4.78, 5) is 0. The predicted octanol–water partition coefficient (Wildman–Crippen LogP) is 4.84. The van der Waals surface area contributed by atoms with Crippen molar-refractivity contribution in [2.75, 3.05) is 0 Å². The second-order valence-corrected chi connectivity index (χ2v) is 6.13. The van der Waals surface area contributed by atoms with Gasteiger partial charge in [0, 0.05) is 11.5 Å². The largest absolute Gasteiger partial charge is 0.507 e. The Hall–Kier alpha value is -1.76. The van der Waals surface area contributed by atoms with Gasteiger partial charge in [-0.1, -0.05) is 76.2 Å². The van der Waals surface area contributed by atoms with Gasteiger partial charge in [-0.15, -0.1) is 0 Å². The number of hydrogen-bond donors (Lipinski definition) is 1. The highest BCUT2D eigenvalue weighted by Gasteiger charge is 2.22. The third-order valence-electron chi connectivity index (χ3n) is 3.64. The number of benzene rings is 2. The minimum Gasteiger partial charge on any atom is -0.507 e. The monoisotopic (exact) mass is 254 g/mol. The Balaban J connectivity index is 2.47. The molecule has 0 saturated carbocycles. The van der Waals surface area contributed by atoms with E-state index in [1.165, 1.54) is 5.56 Å². The van der Waals surface area contributed by atoms with E-state index in [1.807, 2.05) is 36.4 Å². The summed E-state index contributed by atoms with van der Waals surface area (Å²) in [6, 6.07) is 16.4. The Morgan fingerprint density at radius 1 is 0.895 bits per heavy atom. The van der Waals surface area contributed by atoms with Gasteiger partial charge in [-0.2, -0.15) is 0 Å². The van der Waals surface area contributed by atoms with Gasteiger partial charge < -0.3 is 5.11 Å². The van der Waals surface area contributed by atoms with Crippen molar-refractivity contribution in [3.63, 3.8) is 0 Å². The number of phenols is 1. The summed E-state index contributed by atoms with van der Waals surface area (Å²) in [6.45, 7) is 8.51. The van der Waals surface area contributed by atoms with Crippen molar-refractivity contribution in [1.29, 1.82) is 0 Å². The summed E-state index contributed by atoms with van der Waals surface area (Å²) >= 11 is 0. The van der Waals surface area contributed by atoms with E-state index < -0.39 is 0 Å². The van der Waals surface area contributed by atoms with Crippen LogP contribution in [0.3, 0.4) is 0 Å². The molecule has 0 aromatic heterocycles. The van der Waals surface area contributed by atoms with Gasteiger partial charge in [0.2, 0.25) is 0 Å². The van der Waals surface area contributed by atoms with Gasteiger partial charge in [0.05, 0.1) is 0 Å². The standard InChI is InChI=1S/C18H22O/c1-13(14-9-6-5-7-10-14)15-11-8-12-16(17(15)19)18(2,3)4/h5-13,19H,1-4H3. The zero-order valence-electron chi connectivity index (χ0n) is 12.1. The molecule has 1 heteroatoms. The van der Waals surface area contributed by atoms with Crippen LogP contribution in [0.25, 0.3) is 0 Å². The molecule has 0 aliphatic carbocycles. The lowest BCUT2D eigenvalue weighted by atomic mass is 9.82. The van der Waals surface area contributed by atoms with Crippen molar-refractivity contribution in [3.05, 3.63) is 65.2 Å². The second kappa shape index (κ2) is 5.08. The number of aromatic hydroxyl groups is 1. The number of rotatable bonds is 2. The lowest BCUT2D eigenvalue weighted by Gasteiger charge is -2.24. The van der Waals surface area contributed by atoms with Crippen LogP contribution in [0.15, 0.2) is 48.5 Å². The first-order chi connectivity index (χ1) is 8.91. The molecular weight excluding hydrogens is 232 g/mol. The van der Waals surface area contributed by atoms with Crippen LogP contribution in [0.1, 0.15) is 50.3 Å². The minimum absolute atomic E-state index is 0.0451. The summed E-state index contributed by atoms with van der Waals surface area (Å²) in [5, 5.41) is 10.6. The first-order valence-electron chi connectivity index (χ1n) is 6.78. The molecule has 0 spiro atoms. The maximum Gasteiger partial charge on any atom is 0.123 e. The molecule has 1 unspecified atom stereocenters. The highest BCUT2D eigenvalue weighted by Crippen LogP contribution is 2.38. The van der Waals surface area contributed by atoms with E-state index in [-0.39, 0.29) is 11.3 Å². The smallest absolute Gasteiger partial charge is 0.123 e. The van der Waals surface area contributed by atoms with Gasteiger partial charge in [0.1, 0.15) is 5.75 Å². The van der Waals surface area contributed by atoms with E-state index in [0.717, 1.165) is 11.1 Å². The van der Waals surface area contributed by atoms with Gasteiger partial charge in [-0.3, -0.25) is 0 Å². The van der Waals surface area contributed by atoms with Crippen LogP contribution in [-0.2, 0) is 5.41 Å². The minimum atomic E-state index is -0.0451. The van der Waals surface area contributed by atoms with Crippen molar-refractivity contribution in [2.45, 2.75) is 39.0 Å². The third kappa shape index (κ3) is 2.81. The van der Waals surface area contributed by atoms with Crippen LogP contribution >= 0.6 is 0 Å². The van der Waals surface area contributed by atoms with Crippen LogP contribution in [0.5, 0.6) is 5.75 Å². The Morgan fingerprint density at radius 3 is 2.11 bits per heavy atom. The van der Waals surface area contributed by atoms with E-state index in [9.17, 15) is 5.11 Å². The normalized spacial score (nSPS) is 13.3. The summed E-state index contributed by atoms with van der Waals surface area (Å²) in [6.07, 6.45) is 0. The van der Waals surface area contributed by atoms with Gasteiger partial charge in [-0.25, -0.2) is 0 Å². The molecule has 2 rings (SSSR count). The summed E-state index contributed by atoms with van der Waals surface area (Å²) in [5.41, 5.74) is 3.19. The van der Waals surface area contributed by atoms with Crippen molar-refractivity contribution in [3.8, 4) is 5.75 Å². The molecule has 0 bridgehead atoms. The molecule has 100 valence electrons. The molecule has 0 fully saturated rings. The second-order valence-electron chi connectivity index (χ2n) is 6.13. The van der Waals surface area contributed by atoms with Crippen molar-refractivity contribution in [1.82, 2.24) is 0 Å². The molecule has 1 nitrogen and oxygen atoms in total. The fourth-order valence-electron chi connectivity index (χ4n) is 2.44. The van der Waals surface area contributed by atoms with Crippen LogP contribution in [0.4, 0.5) is 0 Å². The van der Waals surface area contributed by atoms with Crippen molar-refractivity contribution in [2.24, 2.45) is 0 Å². The van der Waals surface area contributed by atoms with E-state index in [1.54, 1.807) is 0 Å². The van der Waals surface area contributed by atoms with Gasteiger partial charge >= 0.3 is 0 Å². The van der Waals surface area contributed by atoms with Gasteiger partial charge in [0.15, 0.2) is 0 Å². The van der Waals surface area contributed by atoms with E-state index in [2.05, 4.69) is 39.8 Å². The highest BCUT2D eigenvalue weighted by molar-refractivity contribution is 5.48. The average molecular weight is 254 g/mol. The zero-order valence-corrected chi connectivity index (χ0v) is 12.1. The molecule has 2 aromatic rings. The number of hydrogen-bond acceptors (Lipinski definition) is 1. The zero-order chi connectivity index (χ0) is 14.0. The van der Waals surface area contributed by atoms with Gasteiger partial charge in [-0.05, 0) is 16.5 Å². The maximum atomic E-state index is 10.6. The highest BCUT2D eigenvalue weighted by atomic mass is 16.3. The first kappa shape index (κ1) is 13.7. The van der Waals surface area contributed by atoms with Crippen LogP contribution in [-0.4, -0.2) is 5.11 Å². The topological polar surface area (TPSA) is 20.2 Å². The maximum absolute atomic E-state index is 10.6. The van der Waals surface area contributed by atoms with Crippen molar-refractivity contribution < 1.29 is 5.11 Å². The van der Waals surface area contributed by atoms with Crippen LogP contribution < -0.4 is 0 Å². The van der Waals surface area contributed by atoms with Crippen LogP contribution in [0, 0.1) is 0 Å². The quantitative estimate of drug-likeness (QED) is 0.813. The van der Waals surface area contributed by atoms with E-state index >= 15 is 0 Å². The molecular formula is C18H22O. The molecule has 1 N–H and O–H groups in total. The molecule has 0 amide bonds. The van der Waals surface area contributed by atoms with E-state index in [4.69, 9.17) is 0 Å². The molecule has 0 saturated heterocycles.